The van der Waals surface area contributed by atoms with E-state index >= 15 is 0 Å². The minimum Gasteiger partial charge on any atom is -0.396 e. The van der Waals surface area contributed by atoms with Crippen molar-refractivity contribution < 1.29 is 18.8 Å². The lowest BCUT2D eigenvalue weighted by Gasteiger charge is -1.98. The lowest BCUT2D eigenvalue weighted by molar-refractivity contribution is -0.387. The molecule has 4 nitrogen and oxygen atoms in total. The van der Waals surface area contributed by atoms with E-state index in [1.54, 1.807) is 0 Å². The van der Waals surface area contributed by atoms with E-state index in [0.29, 0.717) is 12.5 Å². The van der Waals surface area contributed by atoms with Crippen molar-refractivity contribution in [3.8, 4) is 0 Å². The van der Waals surface area contributed by atoms with Crippen molar-refractivity contribution in [3.05, 3.63) is 45.5 Å². The normalized spacial score (nSPS) is 10.9. The highest BCUT2D eigenvalue weighted by molar-refractivity contribution is 5.53. The number of nitro groups is 1. The molecule has 1 aromatic carbocycles. The van der Waals surface area contributed by atoms with Gasteiger partial charge >= 0.3 is 5.69 Å². The van der Waals surface area contributed by atoms with Gasteiger partial charge in [-0.3, -0.25) is 10.1 Å². The number of nitro benzene ring substituents is 1. The average molecular weight is 229 g/mol. The van der Waals surface area contributed by atoms with E-state index in [1.165, 1.54) is 12.2 Å². The van der Waals surface area contributed by atoms with E-state index in [0.717, 1.165) is 6.07 Å². The zero-order chi connectivity index (χ0) is 12.1. The van der Waals surface area contributed by atoms with Gasteiger partial charge in [0.1, 0.15) is 5.82 Å². The van der Waals surface area contributed by atoms with Crippen LogP contribution in [-0.2, 0) is 0 Å². The third kappa shape index (κ3) is 2.83. The fourth-order valence-corrected chi connectivity index (χ4v) is 1.10. The van der Waals surface area contributed by atoms with Gasteiger partial charge in [-0.2, -0.15) is 4.39 Å². The monoisotopic (exact) mass is 229 g/mol. The Morgan fingerprint density at radius 3 is 2.62 bits per heavy atom. The van der Waals surface area contributed by atoms with Crippen molar-refractivity contribution in [2.24, 2.45) is 0 Å². The molecule has 0 aromatic heterocycles. The number of benzene rings is 1. The van der Waals surface area contributed by atoms with Crippen LogP contribution in [0.25, 0.3) is 6.08 Å². The highest BCUT2D eigenvalue weighted by atomic mass is 19.1. The first-order valence-corrected chi connectivity index (χ1v) is 4.47. The van der Waals surface area contributed by atoms with Gasteiger partial charge in [0.05, 0.1) is 11.0 Å². The zero-order valence-corrected chi connectivity index (χ0v) is 8.19. The fraction of sp³-hybridized carbons (Fsp3) is 0.200. The lowest BCUT2D eigenvalue weighted by atomic mass is 10.1. The maximum Gasteiger partial charge on any atom is 0.307 e. The molecule has 1 aromatic rings. The summed E-state index contributed by atoms with van der Waals surface area (Å²) in [7, 11) is 0. The topological polar surface area (TPSA) is 63.4 Å². The van der Waals surface area contributed by atoms with Crippen LogP contribution in [0.4, 0.5) is 14.5 Å². The first kappa shape index (κ1) is 12.3. The van der Waals surface area contributed by atoms with Gasteiger partial charge in [0.2, 0.25) is 5.82 Å². The van der Waals surface area contributed by atoms with Crippen molar-refractivity contribution in [1.82, 2.24) is 0 Å². The Kier molecular flexibility index (Phi) is 4.07. The third-order valence-corrected chi connectivity index (χ3v) is 1.86. The Morgan fingerprint density at radius 1 is 1.38 bits per heavy atom. The Balaban J connectivity index is 3.05. The van der Waals surface area contributed by atoms with Crippen LogP contribution in [-0.4, -0.2) is 16.6 Å². The first-order chi connectivity index (χ1) is 7.56. The van der Waals surface area contributed by atoms with Crippen LogP contribution in [0.5, 0.6) is 0 Å². The van der Waals surface area contributed by atoms with Crippen LogP contribution >= 0.6 is 0 Å². The van der Waals surface area contributed by atoms with Gasteiger partial charge in [-0.1, -0.05) is 12.2 Å². The average Bonchev–Trinajstić information content (AvgIpc) is 2.22. The Hall–Kier alpha value is -1.82. The first-order valence-electron chi connectivity index (χ1n) is 4.47. The van der Waals surface area contributed by atoms with Crippen LogP contribution < -0.4 is 0 Å². The number of hydrogen-bond acceptors (Lipinski definition) is 3. The molecular formula is C10H9F2NO3. The molecule has 1 rings (SSSR count). The lowest BCUT2D eigenvalue weighted by Crippen LogP contribution is -1.95. The number of nitrogens with zero attached hydrogens (tertiary/aromatic N) is 1. The summed E-state index contributed by atoms with van der Waals surface area (Å²) >= 11 is 0. The molecule has 1 N–H and O–H groups in total. The van der Waals surface area contributed by atoms with Gasteiger partial charge in [-0.25, -0.2) is 4.39 Å². The van der Waals surface area contributed by atoms with E-state index in [-0.39, 0.29) is 12.2 Å². The molecule has 0 spiro atoms. The van der Waals surface area contributed by atoms with E-state index in [1.807, 2.05) is 0 Å². The quantitative estimate of drug-likeness (QED) is 0.636. The second-order valence-corrected chi connectivity index (χ2v) is 3.00. The van der Waals surface area contributed by atoms with Crippen molar-refractivity contribution >= 4 is 11.8 Å². The minimum absolute atomic E-state index is 0.0865. The molecule has 0 saturated carbocycles. The zero-order valence-electron chi connectivity index (χ0n) is 8.19. The number of hydrogen-bond donors (Lipinski definition) is 1. The number of aliphatic hydroxyl groups is 1. The second kappa shape index (κ2) is 5.32. The van der Waals surface area contributed by atoms with Crippen LogP contribution in [0.15, 0.2) is 18.2 Å². The van der Waals surface area contributed by atoms with Gasteiger partial charge in [0, 0.05) is 12.2 Å². The maximum atomic E-state index is 13.2. The Morgan fingerprint density at radius 2 is 2.06 bits per heavy atom. The summed E-state index contributed by atoms with van der Waals surface area (Å²) in [4.78, 5) is 9.31. The SMILES string of the molecule is O=[N+]([O-])c1cc(F)c(C=CCCO)cc1F. The molecule has 86 valence electrons. The molecule has 6 heteroatoms. The van der Waals surface area contributed by atoms with Crippen molar-refractivity contribution in [2.45, 2.75) is 6.42 Å². The summed E-state index contributed by atoms with van der Waals surface area (Å²) in [5.74, 6) is -1.96. The van der Waals surface area contributed by atoms with Crippen molar-refractivity contribution in [1.29, 1.82) is 0 Å². The van der Waals surface area contributed by atoms with Crippen molar-refractivity contribution in [3.63, 3.8) is 0 Å². The molecule has 0 bridgehead atoms. The van der Waals surface area contributed by atoms with Crippen LogP contribution in [0, 0.1) is 21.7 Å². The number of rotatable bonds is 4. The third-order valence-electron chi connectivity index (χ3n) is 1.86. The molecule has 0 atom stereocenters. The summed E-state index contributed by atoms with van der Waals surface area (Å²) in [6, 6.07) is 1.29. The molecule has 0 saturated heterocycles. The smallest absolute Gasteiger partial charge is 0.307 e. The van der Waals surface area contributed by atoms with Gasteiger partial charge in [0.15, 0.2) is 0 Å². The van der Waals surface area contributed by atoms with E-state index in [9.17, 15) is 18.9 Å². The predicted molar refractivity (Wildman–Crippen MR) is 53.7 cm³/mol. The molecule has 0 fully saturated rings. The van der Waals surface area contributed by atoms with Crippen LogP contribution in [0.1, 0.15) is 12.0 Å². The Labute approximate surface area is 90.0 Å². The van der Waals surface area contributed by atoms with Crippen molar-refractivity contribution in [2.75, 3.05) is 6.61 Å². The highest BCUT2D eigenvalue weighted by Gasteiger charge is 2.17. The minimum atomic E-state index is -1.09. The van der Waals surface area contributed by atoms with Gasteiger partial charge in [0.25, 0.3) is 0 Å². The number of aliphatic hydroxyl groups excluding tert-OH is 1. The molecule has 0 unspecified atom stereocenters. The molecule has 0 amide bonds. The second-order valence-electron chi connectivity index (χ2n) is 3.00. The molecule has 0 aliphatic carbocycles. The highest BCUT2D eigenvalue weighted by Crippen LogP contribution is 2.22. The predicted octanol–water partition coefficient (Wildman–Crippen LogP) is 2.27. The summed E-state index contributed by atoms with van der Waals surface area (Å²) in [5.41, 5.74) is -0.978. The van der Waals surface area contributed by atoms with E-state index < -0.39 is 22.2 Å². The standard InChI is InChI=1S/C10H9F2NO3/c11-8-6-10(13(15)16)9(12)5-7(8)3-1-2-4-14/h1,3,5-6,14H,2,4H2. The Bertz CT molecular complexity index is 432. The largest absolute Gasteiger partial charge is 0.396 e. The summed E-state index contributed by atoms with van der Waals surface area (Å²) in [5, 5.41) is 18.8. The summed E-state index contributed by atoms with van der Waals surface area (Å²) in [6.45, 7) is -0.104. The van der Waals surface area contributed by atoms with E-state index in [4.69, 9.17) is 5.11 Å². The fourth-order valence-electron chi connectivity index (χ4n) is 1.10. The van der Waals surface area contributed by atoms with Crippen LogP contribution in [0.3, 0.4) is 0 Å². The van der Waals surface area contributed by atoms with Crippen LogP contribution in [0.2, 0.25) is 0 Å². The molecule has 16 heavy (non-hydrogen) atoms. The summed E-state index contributed by atoms with van der Waals surface area (Å²) < 4.78 is 26.3. The molecule has 0 aliphatic rings. The van der Waals surface area contributed by atoms with E-state index in [2.05, 4.69) is 0 Å². The van der Waals surface area contributed by atoms with Gasteiger partial charge < -0.3 is 5.11 Å². The molecule has 0 radical (unpaired) electrons. The summed E-state index contributed by atoms with van der Waals surface area (Å²) in [6.07, 6.45) is 3.01. The van der Waals surface area contributed by atoms with Gasteiger partial charge in [-0.05, 0) is 12.5 Å². The molecular weight excluding hydrogens is 220 g/mol. The molecule has 0 aliphatic heterocycles. The van der Waals surface area contributed by atoms with Gasteiger partial charge in [-0.15, -0.1) is 0 Å². The maximum absolute atomic E-state index is 13.2. The molecule has 0 heterocycles. The number of halogens is 2.